The molecule has 4 aromatic rings. The number of Topliss-reactive ketones (excluding diaryl/α,β-unsaturated/α-hetero) is 1. The van der Waals surface area contributed by atoms with Crippen molar-refractivity contribution in [1.82, 2.24) is 30.3 Å². The number of para-hydroxylation sites is 2. The Balaban J connectivity index is 0.909. The van der Waals surface area contributed by atoms with Crippen molar-refractivity contribution in [2.75, 3.05) is 52.4 Å². The van der Waals surface area contributed by atoms with Crippen molar-refractivity contribution < 1.29 is 33.1 Å². The molecule has 4 heterocycles. The van der Waals surface area contributed by atoms with Crippen LogP contribution in [-0.2, 0) is 14.3 Å². The molecule has 0 saturated carbocycles. The third kappa shape index (κ3) is 8.81. The minimum atomic E-state index is -0.696. The first-order chi connectivity index (χ1) is 26.9. The zero-order chi connectivity index (χ0) is 39.4. The van der Waals surface area contributed by atoms with Gasteiger partial charge < -0.3 is 29.6 Å². The van der Waals surface area contributed by atoms with Crippen LogP contribution in [0.5, 0.6) is 0 Å². The second-order valence-electron chi connectivity index (χ2n) is 15.3. The summed E-state index contributed by atoms with van der Waals surface area (Å²) in [6.07, 6.45) is 2.94. The van der Waals surface area contributed by atoms with Crippen molar-refractivity contribution in [3.8, 4) is 11.1 Å². The monoisotopic (exact) mass is 761 g/mol. The maximum Gasteiger partial charge on any atom is 0.410 e. The Morgan fingerprint density at radius 1 is 0.893 bits per heavy atom. The van der Waals surface area contributed by atoms with Crippen molar-refractivity contribution in [2.45, 2.75) is 57.6 Å². The molecule has 292 valence electrons. The maximum atomic E-state index is 13.5. The van der Waals surface area contributed by atoms with E-state index in [0.29, 0.717) is 87.4 Å². The van der Waals surface area contributed by atoms with Gasteiger partial charge in [0.15, 0.2) is 5.58 Å². The molecule has 2 saturated heterocycles. The fraction of sp³-hybridized carbons (Fsp3) is 0.405. The summed E-state index contributed by atoms with van der Waals surface area (Å²) in [5, 5.41) is 5.81. The zero-order valence-electron chi connectivity index (χ0n) is 32.0. The quantitative estimate of drug-likeness (QED) is 0.213. The number of rotatable bonds is 10. The zero-order valence-corrected chi connectivity index (χ0v) is 32.0. The lowest BCUT2D eigenvalue weighted by Gasteiger charge is -2.35. The molecular weight excluding hydrogens is 715 g/mol. The van der Waals surface area contributed by atoms with Crippen LogP contribution in [0.1, 0.15) is 72.6 Å². The van der Waals surface area contributed by atoms with Gasteiger partial charge in [0.05, 0.1) is 18.2 Å². The molecule has 2 atom stereocenters. The van der Waals surface area contributed by atoms with E-state index in [4.69, 9.17) is 9.15 Å². The number of nitrogens with zero attached hydrogens (tertiary/aromatic N) is 5. The summed E-state index contributed by atoms with van der Waals surface area (Å²) in [4.78, 5) is 79.9. The molecule has 0 spiro atoms. The van der Waals surface area contributed by atoms with Crippen molar-refractivity contribution in [3.63, 3.8) is 0 Å². The van der Waals surface area contributed by atoms with Crippen LogP contribution < -0.4 is 10.6 Å². The third-order valence-electron chi connectivity index (χ3n) is 10.3. The van der Waals surface area contributed by atoms with E-state index < -0.39 is 17.6 Å². The lowest BCUT2D eigenvalue weighted by atomic mass is 9.89. The summed E-state index contributed by atoms with van der Waals surface area (Å²) in [7, 11) is 0. The van der Waals surface area contributed by atoms with Crippen LogP contribution >= 0.6 is 0 Å². The summed E-state index contributed by atoms with van der Waals surface area (Å²) in [6, 6.07) is 19.5. The van der Waals surface area contributed by atoms with E-state index in [1.807, 2.05) is 63.2 Å². The molecule has 0 radical (unpaired) electrons. The molecule has 14 nitrogen and oxygen atoms in total. The van der Waals surface area contributed by atoms with Crippen LogP contribution in [0.2, 0.25) is 0 Å². The number of ether oxygens (including phenoxy) is 1. The molecule has 2 fully saturated rings. The van der Waals surface area contributed by atoms with E-state index in [2.05, 4.69) is 25.5 Å². The van der Waals surface area contributed by atoms with E-state index in [1.165, 1.54) is 4.90 Å². The summed E-state index contributed by atoms with van der Waals surface area (Å²) < 4.78 is 11.2. The number of ketones is 1. The molecule has 7 rings (SSSR count). The van der Waals surface area contributed by atoms with E-state index in [-0.39, 0.29) is 42.0 Å². The number of aliphatic imine (C=N–C) groups is 1. The number of oxazole rings is 1. The molecule has 56 heavy (non-hydrogen) atoms. The van der Waals surface area contributed by atoms with Gasteiger partial charge in [-0.05, 0) is 87.1 Å². The van der Waals surface area contributed by atoms with E-state index in [9.17, 15) is 24.0 Å². The molecule has 3 aliphatic rings. The van der Waals surface area contributed by atoms with Crippen LogP contribution in [0, 0.1) is 0 Å². The summed E-state index contributed by atoms with van der Waals surface area (Å²) >= 11 is 0. The number of benzene rings is 3. The minimum Gasteiger partial charge on any atom is -0.444 e. The Labute approximate surface area is 325 Å². The molecule has 2 N–H and O–H groups in total. The van der Waals surface area contributed by atoms with Crippen LogP contribution in [0.15, 0.2) is 76.1 Å². The molecule has 3 aliphatic heterocycles. The minimum absolute atomic E-state index is 0.0209. The van der Waals surface area contributed by atoms with E-state index in [0.717, 1.165) is 16.7 Å². The summed E-state index contributed by atoms with van der Waals surface area (Å²) in [5.41, 5.74) is 4.15. The van der Waals surface area contributed by atoms with Gasteiger partial charge >= 0.3 is 6.09 Å². The topological polar surface area (TPSA) is 167 Å². The van der Waals surface area contributed by atoms with E-state index >= 15 is 0 Å². The average molecular weight is 762 g/mol. The van der Waals surface area contributed by atoms with Crippen LogP contribution in [0.25, 0.3) is 22.2 Å². The van der Waals surface area contributed by atoms with E-state index in [1.54, 1.807) is 35.4 Å². The standard InChI is InChI=1S/C42H47N7O7/c1-42(2,3)56-41(54)48-22-20-47(21-23-48)19-17-44-38(52)29-9-6-8-27(24-29)28-13-14-30-31(15-16-43-33(30)25-28)39(53)45-26-36(50)49-18-7-11-34(49)37(51)40-46-32-10-4-5-12-35(32)55-40/h4-6,8-10,12-14,16,24-25,31,34H,7,11,15,17-23,26H2,1-3H3,(H,44,52)(H,45,53)/t31?,34-/m0/s1. The third-order valence-corrected chi connectivity index (χ3v) is 10.3. The molecule has 0 bridgehead atoms. The first-order valence-electron chi connectivity index (χ1n) is 19.2. The van der Waals surface area contributed by atoms with Gasteiger partial charge in [0.25, 0.3) is 11.8 Å². The number of fused-ring (bicyclic) bond motifs is 2. The number of aromatic nitrogens is 1. The highest BCUT2D eigenvalue weighted by Crippen LogP contribution is 2.36. The Bertz CT molecular complexity index is 2130. The van der Waals surface area contributed by atoms with Gasteiger partial charge in [-0.1, -0.05) is 36.4 Å². The van der Waals surface area contributed by atoms with Gasteiger partial charge in [0, 0.05) is 57.6 Å². The molecule has 3 aromatic carbocycles. The highest BCUT2D eigenvalue weighted by Gasteiger charge is 2.37. The maximum absolute atomic E-state index is 13.5. The van der Waals surface area contributed by atoms with Crippen molar-refractivity contribution in [2.24, 2.45) is 4.99 Å². The number of nitrogens with one attached hydrogen (secondary N) is 2. The normalized spacial score (nSPS) is 18.4. The first-order valence-corrected chi connectivity index (χ1v) is 19.2. The van der Waals surface area contributed by atoms with Crippen LogP contribution in [-0.4, -0.2) is 119 Å². The van der Waals surface area contributed by atoms with Gasteiger partial charge in [-0.15, -0.1) is 0 Å². The second kappa shape index (κ2) is 16.5. The largest absolute Gasteiger partial charge is 0.444 e. The molecule has 1 unspecified atom stereocenters. The summed E-state index contributed by atoms with van der Waals surface area (Å²) in [5.74, 6) is -1.74. The van der Waals surface area contributed by atoms with Gasteiger partial charge in [-0.2, -0.15) is 0 Å². The first kappa shape index (κ1) is 38.4. The molecular formula is C42H47N7O7. The molecule has 14 heteroatoms. The van der Waals surface area contributed by atoms with Gasteiger partial charge in [0.1, 0.15) is 17.2 Å². The second-order valence-corrected chi connectivity index (χ2v) is 15.3. The number of hydrogen-bond donors (Lipinski definition) is 2. The SMILES string of the molecule is CC(C)(C)OC(=O)N1CCN(CCNC(=O)c2cccc(-c3ccc4c(c3)N=CCC4C(=O)NCC(=O)N3CCC[C@H]3C(=O)c3nc4ccccc4o3)c2)CC1. The van der Waals surface area contributed by atoms with Crippen molar-refractivity contribution in [1.29, 1.82) is 0 Å². The van der Waals surface area contributed by atoms with Gasteiger partial charge in [-0.3, -0.25) is 29.1 Å². The summed E-state index contributed by atoms with van der Waals surface area (Å²) in [6.45, 7) is 9.43. The molecule has 0 aliphatic carbocycles. The number of likely N-dealkylation sites (tertiary alicyclic amines) is 1. The lowest BCUT2D eigenvalue weighted by molar-refractivity contribution is -0.133. The number of carbonyl (C=O) groups excluding carboxylic acids is 5. The lowest BCUT2D eigenvalue weighted by Crippen LogP contribution is -2.51. The Morgan fingerprint density at radius 2 is 1.68 bits per heavy atom. The molecule has 1 aromatic heterocycles. The number of piperazine rings is 1. The van der Waals surface area contributed by atoms with Crippen molar-refractivity contribution >= 4 is 52.6 Å². The average Bonchev–Trinajstić information content (AvgIpc) is 3.87. The number of carbonyl (C=O) groups is 5. The van der Waals surface area contributed by atoms with Crippen molar-refractivity contribution in [3.05, 3.63) is 83.7 Å². The highest BCUT2D eigenvalue weighted by atomic mass is 16.6. The molecule has 4 amide bonds. The predicted octanol–water partition coefficient (Wildman–Crippen LogP) is 4.96. The smallest absolute Gasteiger partial charge is 0.410 e. The Morgan fingerprint density at radius 3 is 2.46 bits per heavy atom. The van der Waals surface area contributed by atoms with Crippen LogP contribution in [0.4, 0.5) is 10.5 Å². The van der Waals surface area contributed by atoms with Gasteiger partial charge in [0.2, 0.25) is 17.6 Å². The Hall–Kier alpha value is -5.89. The fourth-order valence-electron chi connectivity index (χ4n) is 7.36. The fourth-order valence-corrected chi connectivity index (χ4v) is 7.36. The highest BCUT2D eigenvalue weighted by molar-refractivity contribution is 6.01. The van der Waals surface area contributed by atoms with Crippen LogP contribution in [0.3, 0.4) is 0 Å². The van der Waals surface area contributed by atoms with Gasteiger partial charge in [-0.25, -0.2) is 9.78 Å². The number of amides is 4. The predicted molar refractivity (Wildman–Crippen MR) is 210 cm³/mol. The number of hydrogen-bond acceptors (Lipinski definition) is 10. The Kier molecular flexibility index (Phi) is 11.3.